The molecule has 5 nitrogen and oxygen atoms in total. The molecule has 0 fully saturated rings. The van der Waals surface area contributed by atoms with E-state index in [2.05, 4.69) is 41.5 Å². The van der Waals surface area contributed by atoms with Gasteiger partial charge in [0.2, 0.25) is 0 Å². The zero-order chi connectivity index (χ0) is 13.4. The molecular formula is C13H26IN5. The lowest BCUT2D eigenvalue weighted by Gasteiger charge is -2.16. The van der Waals surface area contributed by atoms with E-state index in [-0.39, 0.29) is 24.0 Å². The molecule has 1 aromatic rings. The van der Waals surface area contributed by atoms with Crippen LogP contribution in [-0.4, -0.2) is 34.9 Å². The first-order valence-electron chi connectivity index (χ1n) is 6.68. The molecule has 1 atom stereocenters. The Labute approximate surface area is 133 Å². The Bertz CT molecular complexity index is 375. The number of guanidine groups is 1. The third-order valence-corrected chi connectivity index (χ3v) is 2.77. The van der Waals surface area contributed by atoms with E-state index in [0.717, 1.165) is 31.9 Å². The second-order valence-electron chi connectivity index (χ2n) is 4.49. The normalized spacial score (nSPS) is 12.7. The van der Waals surface area contributed by atoms with Crippen LogP contribution < -0.4 is 10.6 Å². The van der Waals surface area contributed by atoms with Crippen LogP contribution in [0.15, 0.2) is 17.4 Å². The summed E-state index contributed by atoms with van der Waals surface area (Å²) in [5.41, 5.74) is 1.22. The molecular weight excluding hydrogens is 353 g/mol. The van der Waals surface area contributed by atoms with Crippen molar-refractivity contribution in [1.82, 2.24) is 20.4 Å². The van der Waals surface area contributed by atoms with Gasteiger partial charge in [0.05, 0.1) is 6.20 Å². The van der Waals surface area contributed by atoms with Gasteiger partial charge in [0, 0.05) is 32.4 Å². The highest BCUT2D eigenvalue weighted by Gasteiger charge is 2.02. The van der Waals surface area contributed by atoms with Crippen LogP contribution in [0.2, 0.25) is 0 Å². The van der Waals surface area contributed by atoms with Gasteiger partial charge in [-0.15, -0.1) is 24.0 Å². The molecule has 0 saturated heterocycles. The second kappa shape index (κ2) is 10.1. The maximum absolute atomic E-state index is 4.56. The summed E-state index contributed by atoms with van der Waals surface area (Å²) in [4.78, 5) is 4.56. The minimum atomic E-state index is 0. The standard InChI is InChI=1S/C13H25N5.HI/c1-5-11(3)17-13(14-6-2)15-8-7-12-9-16-18(4)10-12;/h9-11H,5-8H2,1-4H3,(H2,14,15,17);1H. The lowest BCUT2D eigenvalue weighted by Crippen LogP contribution is -2.42. The smallest absolute Gasteiger partial charge is 0.191 e. The van der Waals surface area contributed by atoms with Crippen molar-refractivity contribution in [3.8, 4) is 0 Å². The molecule has 19 heavy (non-hydrogen) atoms. The van der Waals surface area contributed by atoms with E-state index in [1.807, 2.05) is 24.1 Å². The number of aliphatic imine (C=N–C) groups is 1. The predicted molar refractivity (Wildman–Crippen MR) is 91.2 cm³/mol. The molecule has 1 rings (SSSR count). The van der Waals surface area contributed by atoms with E-state index in [0.29, 0.717) is 6.04 Å². The van der Waals surface area contributed by atoms with Crippen molar-refractivity contribution < 1.29 is 0 Å². The van der Waals surface area contributed by atoms with Gasteiger partial charge in [-0.25, -0.2) is 0 Å². The number of rotatable bonds is 6. The summed E-state index contributed by atoms with van der Waals surface area (Å²) >= 11 is 0. The van der Waals surface area contributed by atoms with Crippen molar-refractivity contribution in [3.63, 3.8) is 0 Å². The number of nitrogens with one attached hydrogen (secondary N) is 2. The zero-order valence-electron chi connectivity index (χ0n) is 12.3. The first kappa shape index (κ1) is 18.2. The number of aryl methyl sites for hydroxylation is 1. The monoisotopic (exact) mass is 379 g/mol. The average Bonchev–Trinajstić information content (AvgIpc) is 2.75. The molecule has 110 valence electrons. The molecule has 0 aliphatic carbocycles. The fraction of sp³-hybridized carbons (Fsp3) is 0.692. The summed E-state index contributed by atoms with van der Waals surface area (Å²) in [6.45, 7) is 8.06. The maximum Gasteiger partial charge on any atom is 0.191 e. The van der Waals surface area contributed by atoms with E-state index in [9.17, 15) is 0 Å². The highest BCUT2D eigenvalue weighted by molar-refractivity contribution is 14.0. The van der Waals surface area contributed by atoms with E-state index in [4.69, 9.17) is 0 Å². The third-order valence-electron chi connectivity index (χ3n) is 2.77. The van der Waals surface area contributed by atoms with Crippen molar-refractivity contribution >= 4 is 29.9 Å². The van der Waals surface area contributed by atoms with E-state index in [1.54, 1.807) is 0 Å². The highest BCUT2D eigenvalue weighted by atomic mass is 127. The van der Waals surface area contributed by atoms with Gasteiger partial charge in [-0.2, -0.15) is 5.10 Å². The van der Waals surface area contributed by atoms with Gasteiger partial charge in [-0.05, 0) is 32.3 Å². The van der Waals surface area contributed by atoms with Gasteiger partial charge in [-0.3, -0.25) is 9.67 Å². The summed E-state index contributed by atoms with van der Waals surface area (Å²) in [5.74, 6) is 0.899. The summed E-state index contributed by atoms with van der Waals surface area (Å²) < 4.78 is 1.82. The van der Waals surface area contributed by atoms with Crippen LogP contribution in [0.25, 0.3) is 0 Å². The van der Waals surface area contributed by atoms with Crippen molar-refractivity contribution in [2.45, 2.75) is 39.7 Å². The molecule has 0 amide bonds. The molecule has 2 N–H and O–H groups in total. The molecule has 0 radical (unpaired) electrons. The van der Waals surface area contributed by atoms with Gasteiger partial charge in [-0.1, -0.05) is 6.92 Å². The first-order valence-corrected chi connectivity index (χ1v) is 6.68. The van der Waals surface area contributed by atoms with Crippen LogP contribution in [0, 0.1) is 0 Å². The zero-order valence-corrected chi connectivity index (χ0v) is 14.6. The summed E-state index contributed by atoms with van der Waals surface area (Å²) in [6, 6.07) is 0.446. The SMILES string of the molecule is CCNC(=NCCc1cnn(C)c1)NC(C)CC.I. The van der Waals surface area contributed by atoms with Crippen LogP contribution in [0.3, 0.4) is 0 Å². The van der Waals surface area contributed by atoms with Crippen LogP contribution in [0.4, 0.5) is 0 Å². The van der Waals surface area contributed by atoms with Gasteiger partial charge in [0.15, 0.2) is 5.96 Å². The minimum Gasteiger partial charge on any atom is -0.357 e. The van der Waals surface area contributed by atoms with Crippen molar-refractivity contribution in [3.05, 3.63) is 18.0 Å². The number of aromatic nitrogens is 2. The molecule has 1 unspecified atom stereocenters. The van der Waals surface area contributed by atoms with E-state index >= 15 is 0 Å². The molecule has 0 spiro atoms. The van der Waals surface area contributed by atoms with Crippen LogP contribution in [0.5, 0.6) is 0 Å². The van der Waals surface area contributed by atoms with Gasteiger partial charge in [0.25, 0.3) is 0 Å². The summed E-state index contributed by atoms with van der Waals surface area (Å²) in [5, 5.41) is 10.8. The maximum atomic E-state index is 4.56. The highest BCUT2D eigenvalue weighted by Crippen LogP contribution is 1.97. The summed E-state index contributed by atoms with van der Waals surface area (Å²) in [6.07, 6.45) is 5.94. The fourth-order valence-corrected chi connectivity index (χ4v) is 1.55. The Morgan fingerprint density at radius 2 is 2.21 bits per heavy atom. The second-order valence-corrected chi connectivity index (χ2v) is 4.49. The van der Waals surface area contributed by atoms with Gasteiger partial charge >= 0.3 is 0 Å². The van der Waals surface area contributed by atoms with Crippen molar-refractivity contribution in [2.24, 2.45) is 12.0 Å². The minimum absolute atomic E-state index is 0. The molecule has 6 heteroatoms. The molecule has 0 aliphatic rings. The number of halogens is 1. The Hall–Kier alpha value is -0.790. The molecule has 0 aliphatic heterocycles. The molecule has 0 bridgehead atoms. The Balaban J connectivity index is 0.00000324. The number of nitrogens with zero attached hydrogens (tertiary/aromatic N) is 3. The number of hydrogen-bond acceptors (Lipinski definition) is 2. The lowest BCUT2D eigenvalue weighted by atomic mass is 10.2. The number of hydrogen-bond donors (Lipinski definition) is 2. The van der Waals surface area contributed by atoms with Crippen molar-refractivity contribution in [1.29, 1.82) is 0 Å². The topological polar surface area (TPSA) is 54.2 Å². The fourth-order valence-electron chi connectivity index (χ4n) is 1.55. The van der Waals surface area contributed by atoms with E-state index in [1.165, 1.54) is 5.56 Å². The Kier molecular flexibility index (Phi) is 9.63. The predicted octanol–water partition coefficient (Wildman–Crippen LogP) is 1.93. The van der Waals surface area contributed by atoms with Crippen LogP contribution in [0.1, 0.15) is 32.8 Å². The quantitative estimate of drug-likeness (QED) is 0.451. The van der Waals surface area contributed by atoms with Gasteiger partial charge in [0.1, 0.15) is 0 Å². The Morgan fingerprint density at radius 3 is 2.74 bits per heavy atom. The third kappa shape index (κ3) is 7.39. The Morgan fingerprint density at radius 1 is 1.47 bits per heavy atom. The molecule has 1 aromatic heterocycles. The molecule has 0 saturated carbocycles. The lowest BCUT2D eigenvalue weighted by molar-refractivity contribution is 0.624. The first-order chi connectivity index (χ1) is 8.65. The summed E-state index contributed by atoms with van der Waals surface area (Å²) in [7, 11) is 1.93. The van der Waals surface area contributed by atoms with Crippen molar-refractivity contribution in [2.75, 3.05) is 13.1 Å². The molecule has 1 heterocycles. The average molecular weight is 379 g/mol. The van der Waals surface area contributed by atoms with Crippen LogP contribution >= 0.6 is 24.0 Å². The van der Waals surface area contributed by atoms with Gasteiger partial charge < -0.3 is 10.6 Å². The van der Waals surface area contributed by atoms with E-state index < -0.39 is 0 Å². The largest absolute Gasteiger partial charge is 0.357 e. The van der Waals surface area contributed by atoms with Crippen LogP contribution in [-0.2, 0) is 13.5 Å². The molecule has 0 aromatic carbocycles.